The summed E-state index contributed by atoms with van der Waals surface area (Å²) >= 11 is 0. The van der Waals surface area contributed by atoms with Gasteiger partial charge >= 0.3 is 5.97 Å². The molecule has 3 heterocycles. The molecule has 7 heteroatoms. The molecular formula is C32H30O7. The van der Waals surface area contributed by atoms with Crippen LogP contribution < -0.4 is 9.47 Å². The third-order valence-electron chi connectivity index (χ3n) is 7.72. The lowest BCUT2D eigenvalue weighted by Crippen LogP contribution is -2.49. The van der Waals surface area contributed by atoms with Crippen molar-refractivity contribution in [2.24, 2.45) is 0 Å². The molecule has 0 radical (unpaired) electrons. The van der Waals surface area contributed by atoms with Gasteiger partial charge in [0.05, 0.1) is 12.5 Å². The Hall–Kier alpha value is -4.10. The lowest BCUT2D eigenvalue weighted by atomic mass is 9.78. The first kappa shape index (κ1) is 25.2. The molecule has 7 nitrogen and oxygen atoms in total. The highest BCUT2D eigenvalue weighted by molar-refractivity contribution is 6.03. The number of carboxylic acids is 1. The summed E-state index contributed by atoms with van der Waals surface area (Å²) in [6.07, 6.45) is 5.52. The van der Waals surface area contributed by atoms with E-state index in [1.807, 2.05) is 72.8 Å². The first-order chi connectivity index (χ1) is 18.9. The Bertz CT molecular complexity index is 1420. The van der Waals surface area contributed by atoms with Gasteiger partial charge in [0.15, 0.2) is 5.78 Å². The minimum atomic E-state index is -1.10. The highest BCUT2D eigenvalue weighted by Crippen LogP contribution is 2.57. The number of ketones is 1. The monoisotopic (exact) mass is 526 g/mol. The van der Waals surface area contributed by atoms with E-state index >= 15 is 0 Å². The molecule has 0 saturated carbocycles. The van der Waals surface area contributed by atoms with Crippen molar-refractivity contribution in [3.8, 4) is 17.2 Å². The Labute approximate surface area is 226 Å². The minimum absolute atomic E-state index is 0.0640. The molecule has 1 saturated heterocycles. The van der Waals surface area contributed by atoms with Crippen molar-refractivity contribution in [2.45, 2.75) is 62.4 Å². The molecule has 0 spiro atoms. The number of phenolic OH excluding ortho intramolecular Hbond substituents is 1. The molecule has 4 atom stereocenters. The van der Waals surface area contributed by atoms with E-state index in [2.05, 4.69) is 0 Å². The number of aliphatic carboxylic acids is 1. The number of hydrogen-bond donors (Lipinski definition) is 2. The van der Waals surface area contributed by atoms with Crippen molar-refractivity contribution in [1.82, 2.24) is 0 Å². The number of rotatable bonds is 7. The van der Waals surface area contributed by atoms with Crippen LogP contribution in [0.3, 0.4) is 0 Å². The van der Waals surface area contributed by atoms with E-state index in [1.54, 1.807) is 0 Å². The van der Waals surface area contributed by atoms with E-state index in [4.69, 9.17) is 19.3 Å². The van der Waals surface area contributed by atoms with Crippen molar-refractivity contribution in [3.05, 3.63) is 95.1 Å². The van der Waals surface area contributed by atoms with Gasteiger partial charge in [0.25, 0.3) is 0 Å². The first-order valence-corrected chi connectivity index (χ1v) is 13.4. The Balaban J connectivity index is 1.40. The summed E-state index contributed by atoms with van der Waals surface area (Å²) < 4.78 is 19.5. The van der Waals surface area contributed by atoms with Crippen molar-refractivity contribution < 1.29 is 34.0 Å². The zero-order valence-electron chi connectivity index (χ0n) is 21.4. The largest absolute Gasteiger partial charge is 0.507 e. The lowest BCUT2D eigenvalue weighted by Gasteiger charge is -2.48. The zero-order valence-corrected chi connectivity index (χ0v) is 21.4. The van der Waals surface area contributed by atoms with E-state index in [-0.39, 0.29) is 42.0 Å². The third-order valence-corrected chi connectivity index (χ3v) is 7.72. The predicted molar refractivity (Wildman–Crippen MR) is 144 cm³/mol. The quantitative estimate of drug-likeness (QED) is 0.366. The summed E-state index contributed by atoms with van der Waals surface area (Å²) in [6.45, 7) is 0. The van der Waals surface area contributed by atoms with Crippen LogP contribution in [0.1, 0.15) is 77.6 Å². The summed E-state index contributed by atoms with van der Waals surface area (Å²) in [5, 5.41) is 20.1. The topological polar surface area (TPSA) is 102 Å². The van der Waals surface area contributed by atoms with Crippen LogP contribution in [0.4, 0.5) is 0 Å². The molecule has 3 aromatic rings. The molecule has 2 bridgehead atoms. The third kappa shape index (κ3) is 5.02. The molecule has 0 unspecified atom stereocenters. The SMILES string of the molecule is O=C(O)CCC[C@@H]1C[C@@H]2C[C@@](/C=C/c3ccccc3)(Oc3cc(O)c4c(c32)O[C@@H](c2ccccc2)CC4=O)O1. The molecule has 6 rings (SSSR count). The maximum atomic E-state index is 13.3. The van der Waals surface area contributed by atoms with Crippen LogP contribution in [0, 0.1) is 0 Å². The number of hydrogen-bond acceptors (Lipinski definition) is 6. The van der Waals surface area contributed by atoms with Crippen molar-refractivity contribution >= 4 is 17.8 Å². The van der Waals surface area contributed by atoms with Gasteiger partial charge in [-0.25, -0.2) is 0 Å². The second-order valence-electron chi connectivity index (χ2n) is 10.5. The molecule has 0 aromatic heterocycles. The maximum absolute atomic E-state index is 13.3. The Morgan fingerprint density at radius 1 is 1.08 bits per heavy atom. The van der Waals surface area contributed by atoms with Crippen LogP contribution in [0.2, 0.25) is 0 Å². The maximum Gasteiger partial charge on any atom is 0.303 e. The Kier molecular flexibility index (Phi) is 6.61. The summed E-state index contributed by atoms with van der Waals surface area (Å²) in [6, 6.07) is 20.9. The van der Waals surface area contributed by atoms with Gasteiger partial charge in [0.2, 0.25) is 5.79 Å². The molecule has 200 valence electrons. The van der Waals surface area contributed by atoms with E-state index < -0.39 is 17.9 Å². The first-order valence-electron chi connectivity index (χ1n) is 13.4. The number of Topliss-reactive ketones (excluding diaryl/α,β-unsaturated/α-hetero) is 1. The number of ether oxygens (including phenoxy) is 3. The van der Waals surface area contributed by atoms with Crippen LogP contribution >= 0.6 is 0 Å². The predicted octanol–water partition coefficient (Wildman–Crippen LogP) is 6.42. The Morgan fingerprint density at radius 2 is 1.82 bits per heavy atom. The molecular weight excluding hydrogens is 496 g/mol. The fourth-order valence-corrected chi connectivity index (χ4v) is 5.99. The van der Waals surface area contributed by atoms with Gasteiger partial charge in [0.1, 0.15) is 28.9 Å². The highest BCUT2D eigenvalue weighted by Gasteiger charge is 2.50. The average molecular weight is 527 g/mol. The van der Waals surface area contributed by atoms with Gasteiger partial charge in [-0.3, -0.25) is 9.59 Å². The molecule has 2 N–H and O–H groups in total. The van der Waals surface area contributed by atoms with E-state index in [9.17, 15) is 14.7 Å². The minimum Gasteiger partial charge on any atom is -0.507 e. The summed E-state index contributed by atoms with van der Waals surface area (Å²) in [4.78, 5) is 24.4. The number of carboxylic acid groups (broad SMARTS) is 1. The van der Waals surface area contributed by atoms with Gasteiger partial charge < -0.3 is 24.4 Å². The lowest BCUT2D eigenvalue weighted by molar-refractivity contribution is -0.220. The van der Waals surface area contributed by atoms with Gasteiger partial charge in [-0.2, -0.15) is 0 Å². The number of benzene rings is 3. The van der Waals surface area contributed by atoms with Crippen molar-refractivity contribution in [3.63, 3.8) is 0 Å². The summed E-state index contributed by atoms with van der Waals surface area (Å²) in [5.41, 5.74) is 2.85. The standard InChI is InChI=1S/C32H30O7/c33-24-17-26(21-10-5-2-6-11-21)37-31-29-22-16-23(12-7-13-28(35)36)38-32(19-22,15-14-20-8-3-1-4-9-20)39-27(29)18-25(34)30(24)31/h1-6,8-11,14-15,18,22-23,26,34H,7,12-13,16-17,19H2,(H,35,36)/b15-14+/t22-,23-,26-,32-/m1/s1. The van der Waals surface area contributed by atoms with Crippen molar-refractivity contribution in [2.75, 3.05) is 0 Å². The van der Waals surface area contributed by atoms with Gasteiger partial charge in [-0.05, 0) is 36.5 Å². The molecule has 3 aliphatic heterocycles. The molecule has 1 fully saturated rings. The van der Waals surface area contributed by atoms with Gasteiger partial charge in [-0.1, -0.05) is 66.7 Å². The summed E-state index contributed by atoms with van der Waals surface area (Å²) in [5.74, 6) is -1.53. The second-order valence-corrected chi connectivity index (χ2v) is 10.5. The fourth-order valence-electron chi connectivity index (χ4n) is 5.99. The van der Waals surface area contributed by atoms with E-state index in [0.29, 0.717) is 37.2 Å². The Morgan fingerprint density at radius 3 is 2.56 bits per heavy atom. The van der Waals surface area contributed by atoms with Crippen LogP contribution in [0.15, 0.2) is 72.8 Å². The average Bonchev–Trinajstić information content (AvgIpc) is 2.92. The van der Waals surface area contributed by atoms with Crippen LogP contribution in [0.5, 0.6) is 17.2 Å². The molecule has 0 aliphatic carbocycles. The second kappa shape index (κ2) is 10.2. The summed E-state index contributed by atoms with van der Waals surface area (Å²) in [7, 11) is 0. The van der Waals surface area contributed by atoms with Crippen LogP contribution in [0.25, 0.3) is 6.08 Å². The van der Waals surface area contributed by atoms with Gasteiger partial charge in [-0.15, -0.1) is 0 Å². The molecule has 3 aromatic carbocycles. The number of aromatic hydroxyl groups is 1. The van der Waals surface area contributed by atoms with E-state index in [1.165, 1.54) is 6.07 Å². The molecule has 3 aliphatic rings. The highest BCUT2D eigenvalue weighted by atomic mass is 16.7. The zero-order chi connectivity index (χ0) is 27.0. The van der Waals surface area contributed by atoms with Crippen molar-refractivity contribution in [1.29, 1.82) is 0 Å². The molecule has 39 heavy (non-hydrogen) atoms. The number of phenols is 1. The van der Waals surface area contributed by atoms with Crippen LogP contribution in [-0.2, 0) is 9.53 Å². The van der Waals surface area contributed by atoms with E-state index in [0.717, 1.165) is 16.7 Å². The smallest absolute Gasteiger partial charge is 0.303 e. The number of carbonyl (C=O) groups excluding carboxylic acids is 1. The van der Waals surface area contributed by atoms with Crippen LogP contribution in [-0.4, -0.2) is 33.9 Å². The number of fused-ring (bicyclic) bond motifs is 6. The van der Waals surface area contributed by atoms with Gasteiger partial charge in [0, 0.05) is 30.4 Å². The normalized spacial score (nSPS) is 25.3. The molecule has 0 amide bonds. The number of carbonyl (C=O) groups is 2. The fraction of sp³-hybridized carbons (Fsp3) is 0.312.